The van der Waals surface area contributed by atoms with Crippen molar-refractivity contribution >= 4 is 33.3 Å². The van der Waals surface area contributed by atoms with Gasteiger partial charge in [-0.3, -0.25) is 0 Å². The highest BCUT2D eigenvalue weighted by Gasteiger charge is 2.60. The number of nitrogens with one attached hydrogen (secondary N) is 1. The lowest BCUT2D eigenvalue weighted by Gasteiger charge is -2.33. The molecule has 0 amide bonds. The summed E-state index contributed by atoms with van der Waals surface area (Å²) in [7, 11) is 0. The van der Waals surface area contributed by atoms with Crippen molar-refractivity contribution in [2.24, 2.45) is 16.7 Å². The van der Waals surface area contributed by atoms with Crippen LogP contribution in [-0.2, 0) is 17.6 Å². The smallest absolute Gasteiger partial charge is 0.376 e. The van der Waals surface area contributed by atoms with Crippen LogP contribution in [0.15, 0.2) is 0 Å². The lowest BCUT2D eigenvalue weighted by Crippen LogP contribution is -2.30. The van der Waals surface area contributed by atoms with E-state index >= 15 is 0 Å². The molecule has 3 aliphatic rings. The van der Waals surface area contributed by atoms with E-state index in [1.165, 1.54) is 36.1 Å². The molecule has 0 saturated heterocycles. The van der Waals surface area contributed by atoms with E-state index in [2.05, 4.69) is 31.1 Å². The van der Waals surface area contributed by atoms with E-state index in [0.717, 1.165) is 35.3 Å². The minimum absolute atomic E-state index is 0.189. The fraction of sp³-hybridized carbons (Fsp3) is 0.696. The molecule has 3 aliphatic carbocycles. The molecule has 29 heavy (non-hydrogen) atoms. The molecule has 5 rings (SSSR count). The molecular weight excluding hydrogens is 382 g/mol. The number of thiophene rings is 1. The topological polar surface area (TPSA) is 64.1 Å². The third-order valence-electron chi connectivity index (χ3n) is 8.24. The molecule has 6 heteroatoms. The average molecular weight is 414 g/mol. The first kappa shape index (κ1) is 19.3. The van der Waals surface area contributed by atoms with Crippen LogP contribution in [0, 0.1) is 16.7 Å². The van der Waals surface area contributed by atoms with Crippen LogP contribution < -0.4 is 5.32 Å². The molecule has 5 nitrogen and oxygen atoms in total. The molecule has 156 valence electrons. The summed E-state index contributed by atoms with van der Waals surface area (Å²) in [4.78, 5) is 24.1. The first-order valence-electron chi connectivity index (χ1n) is 11.1. The molecule has 2 aromatic rings. The summed E-state index contributed by atoms with van der Waals surface area (Å²) < 4.78 is 5.22. The molecule has 2 heterocycles. The van der Waals surface area contributed by atoms with Crippen LogP contribution in [0.2, 0.25) is 0 Å². The second kappa shape index (κ2) is 6.66. The van der Waals surface area contributed by atoms with Gasteiger partial charge in [-0.1, -0.05) is 20.8 Å². The van der Waals surface area contributed by atoms with Gasteiger partial charge < -0.3 is 10.1 Å². The van der Waals surface area contributed by atoms with Gasteiger partial charge in [-0.2, -0.15) is 0 Å². The Bertz CT molecular complexity index is 979. The molecule has 2 saturated carbocycles. The number of carbonyl (C=O) groups excluding carboxylic acids is 1. The molecular formula is C23H31N3O2S. The quantitative estimate of drug-likeness (QED) is 0.682. The van der Waals surface area contributed by atoms with E-state index in [0.29, 0.717) is 29.4 Å². The minimum atomic E-state index is -0.427. The summed E-state index contributed by atoms with van der Waals surface area (Å²) in [5.74, 6) is 1.26. The summed E-state index contributed by atoms with van der Waals surface area (Å²) >= 11 is 1.74. The number of aryl methyl sites for hydroxylation is 2. The van der Waals surface area contributed by atoms with Crippen LogP contribution in [-0.4, -0.2) is 28.6 Å². The molecule has 0 aromatic carbocycles. The number of rotatable bonds is 4. The highest BCUT2D eigenvalue weighted by molar-refractivity contribution is 7.19. The number of hydrogen-bond donors (Lipinski definition) is 1. The number of nitrogens with zero attached hydrogens (tertiary/aromatic N) is 2. The van der Waals surface area contributed by atoms with Gasteiger partial charge >= 0.3 is 5.97 Å². The average Bonchev–Trinajstić information content (AvgIpc) is 3.22. The Labute approximate surface area is 176 Å². The molecule has 2 bridgehead atoms. The second-order valence-corrected chi connectivity index (χ2v) is 11.0. The van der Waals surface area contributed by atoms with Crippen molar-refractivity contribution in [1.29, 1.82) is 0 Å². The number of hydrogen-bond acceptors (Lipinski definition) is 6. The molecule has 3 unspecified atom stereocenters. The molecule has 3 atom stereocenters. The third-order valence-corrected chi connectivity index (χ3v) is 9.43. The molecule has 2 fully saturated rings. The Kier molecular flexibility index (Phi) is 4.43. The van der Waals surface area contributed by atoms with Crippen molar-refractivity contribution in [3.8, 4) is 0 Å². The van der Waals surface area contributed by atoms with Crippen molar-refractivity contribution in [3.05, 3.63) is 16.3 Å². The van der Waals surface area contributed by atoms with E-state index in [4.69, 9.17) is 9.72 Å². The van der Waals surface area contributed by atoms with Gasteiger partial charge in [-0.05, 0) is 74.2 Å². The van der Waals surface area contributed by atoms with Gasteiger partial charge in [0.05, 0.1) is 12.0 Å². The fourth-order valence-electron chi connectivity index (χ4n) is 6.18. The van der Waals surface area contributed by atoms with Gasteiger partial charge in [0.1, 0.15) is 10.6 Å². The number of fused-ring (bicyclic) bond motifs is 5. The van der Waals surface area contributed by atoms with Gasteiger partial charge in [-0.25, -0.2) is 14.8 Å². The molecule has 1 N–H and O–H groups in total. The summed E-state index contributed by atoms with van der Waals surface area (Å²) in [5.41, 5.74) is 2.11. The van der Waals surface area contributed by atoms with Crippen LogP contribution in [0.3, 0.4) is 0 Å². The molecule has 0 spiro atoms. The van der Waals surface area contributed by atoms with Crippen molar-refractivity contribution in [2.75, 3.05) is 11.9 Å². The van der Waals surface area contributed by atoms with E-state index < -0.39 is 5.97 Å². The monoisotopic (exact) mass is 413 g/mol. The number of ether oxygens (including phenoxy) is 1. The Morgan fingerprint density at radius 2 is 2.03 bits per heavy atom. The van der Waals surface area contributed by atoms with Crippen LogP contribution in [0.1, 0.15) is 80.9 Å². The Balaban J connectivity index is 1.58. The summed E-state index contributed by atoms with van der Waals surface area (Å²) in [5, 5.41) is 4.97. The second-order valence-electron chi connectivity index (χ2n) is 9.89. The third kappa shape index (κ3) is 2.82. The summed E-state index contributed by atoms with van der Waals surface area (Å²) in [6, 6.07) is 0.399. The molecule has 2 aromatic heterocycles. The normalized spacial score (nSPS) is 29.8. The zero-order chi connectivity index (χ0) is 20.4. The van der Waals surface area contributed by atoms with E-state index in [1.807, 2.05) is 6.92 Å². The standard InChI is InChI=1S/C23H31N3O2S/c1-5-28-21(27)19-25-18(17-13-8-6-7-9-16(13)29-20(17)26-19)24-15-12-23(4)11-10-14(15)22(23,2)3/h14-15H,5-12H2,1-4H3,(H,24,25,26). The van der Waals surface area contributed by atoms with Crippen LogP contribution in [0.4, 0.5) is 5.82 Å². The van der Waals surface area contributed by atoms with Crippen LogP contribution in [0.5, 0.6) is 0 Å². The number of anilines is 1. The predicted molar refractivity (Wildman–Crippen MR) is 117 cm³/mol. The zero-order valence-electron chi connectivity index (χ0n) is 17.9. The van der Waals surface area contributed by atoms with Gasteiger partial charge in [0.25, 0.3) is 0 Å². The summed E-state index contributed by atoms with van der Waals surface area (Å²) in [6.45, 7) is 9.45. The maximum Gasteiger partial charge on any atom is 0.376 e. The van der Waals surface area contributed by atoms with Crippen molar-refractivity contribution in [2.45, 2.75) is 78.7 Å². The highest BCUT2D eigenvalue weighted by Crippen LogP contribution is 2.65. The predicted octanol–water partition coefficient (Wildman–Crippen LogP) is 5.37. The number of aromatic nitrogens is 2. The number of carbonyl (C=O) groups is 1. The minimum Gasteiger partial charge on any atom is -0.460 e. The van der Waals surface area contributed by atoms with Crippen LogP contribution in [0.25, 0.3) is 10.2 Å². The van der Waals surface area contributed by atoms with E-state index in [9.17, 15) is 4.79 Å². The van der Waals surface area contributed by atoms with Crippen molar-refractivity contribution < 1.29 is 9.53 Å². The van der Waals surface area contributed by atoms with Gasteiger partial charge in [-0.15, -0.1) is 11.3 Å². The first-order chi connectivity index (χ1) is 13.8. The lowest BCUT2D eigenvalue weighted by atomic mass is 9.71. The van der Waals surface area contributed by atoms with Crippen molar-refractivity contribution in [3.63, 3.8) is 0 Å². The SMILES string of the molecule is CCOC(=O)c1nc(NC2CC3(C)CCC2C3(C)C)c2c3c(sc2n1)CCCC3. The van der Waals surface area contributed by atoms with Crippen LogP contribution >= 0.6 is 11.3 Å². The zero-order valence-corrected chi connectivity index (χ0v) is 18.7. The Morgan fingerprint density at radius 1 is 1.24 bits per heavy atom. The van der Waals surface area contributed by atoms with Crippen molar-refractivity contribution in [1.82, 2.24) is 9.97 Å². The molecule has 0 aliphatic heterocycles. The molecule has 0 radical (unpaired) electrons. The lowest BCUT2D eigenvalue weighted by molar-refractivity contribution is 0.0512. The first-order valence-corrected chi connectivity index (χ1v) is 11.9. The largest absolute Gasteiger partial charge is 0.460 e. The highest BCUT2D eigenvalue weighted by atomic mass is 32.1. The summed E-state index contributed by atoms with van der Waals surface area (Å²) in [6.07, 6.45) is 8.39. The Hall–Kier alpha value is -1.69. The van der Waals surface area contributed by atoms with E-state index in [1.54, 1.807) is 11.3 Å². The Morgan fingerprint density at radius 3 is 2.72 bits per heavy atom. The van der Waals surface area contributed by atoms with Gasteiger partial charge in [0.15, 0.2) is 0 Å². The maximum absolute atomic E-state index is 12.4. The number of esters is 1. The maximum atomic E-state index is 12.4. The van der Waals surface area contributed by atoms with Gasteiger partial charge in [0, 0.05) is 10.9 Å². The van der Waals surface area contributed by atoms with Gasteiger partial charge in [0.2, 0.25) is 5.82 Å². The fourth-order valence-corrected chi connectivity index (χ4v) is 7.44. The van der Waals surface area contributed by atoms with E-state index in [-0.39, 0.29) is 5.82 Å².